The Morgan fingerprint density at radius 2 is 1.00 bits per heavy atom. The summed E-state index contributed by atoms with van der Waals surface area (Å²) in [6.45, 7) is 0. The van der Waals surface area contributed by atoms with Gasteiger partial charge in [0.1, 0.15) is 5.60 Å². The summed E-state index contributed by atoms with van der Waals surface area (Å²) >= 11 is 0. The van der Waals surface area contributed by atoms with Crippen LogP contribution in [0, 0.1) is 0 Å². The Balaban J connectivity index is 1.78. The second kappa shape index (κ2) is 10.6. The number of rotatable bonds is 10. The molecule has 0 radical (unpaired) electrons. The van der Waals surface area contributed by atoms with Crippen molar-refractivity contribution in [3.05, 3.63) is 120 Å². The molecular weight excluding hydrogens is 424 g/mol. The predicted molar refractivity (Wildman–Crippen MR) is 132 cm³/mol. The van der Waals surface area contributed by atoms with E-state index in [4.69, 9.17) is 11.5 Å². The first-order chi connectivity index (χ1) is 16.5. The highest BCUT2D eigenvalue weighted by Crippen LogP contribution is 2.34. The molecule has 0 saturated carbocycles. The van der Waals surface area contributed by atoms with E-state index in [1.54, 1.807) is 24.8 Å². The summed E-state index contributed by atoms with van der Waals surface area (Å²) < 4.78 is 0. The van der Waals surface area contributed by atoms with E-state index in [1.165, 1.54) is 0 Å². The molecule has 4 heterocycles. The minimum atomic E-state index is -1.55. The summed E-state index contributed by atoms with van der Waals surface area (Å²) in [7, 11) is 0. The third kappa shape index (κ3) is 5.51. The van der Waals surface area contributed by atoms with E-state index < -0.39 is 17.2 Å². The summed E-state index contributed by atoms with van der Waals surface area (Å²) in [4.78, 5) is 17.9. The number of hydrogen-bond acceptors (Lipinski definition) is 7. The number of hydrogen-bond donors (Lipinski definition) is 3. The Kier molecular flexibility index (Phi) is 7.37. The SMILES string of the molecule is NC(Cc1ccccn1)C(O)(Cc1ccccn1)C(N)(Cc1ccccn1)Cc1ccccn1. The van der Waals surface area contributed by atoms with Crippen LogP contribution in [0.1, 0.15) is 22.8 Å². The van der Waals surface area contributed by atoms with Gasteiger partial charge in [0, 0.05) is 79.3 Å². The zero-order valence-electron chi connectivity index (χ0n) is 19.0. The van der Waals surface area contributed by atoms with Crippen LogP contribution < -0.4 is 11.5 Å². The van der Waals surface area contributed by atoms with Crippen LogP contribution in [0.2, 0.25) is 0 Å². The Labute approximate surface area is 200 Å². The van der Waals surface area contributed by atoms with Crippen molar-refractivity contribution in [2.45, 2.75) is 42.9 Å². The van der Waals surface area contributed by atoms with Crippen LogP contribution in [-0.2, 0) is 25.7 Å². The average Bonchev–Trinajstić information content (AvgIpc) is 2.86. The molecule has 7 nitrogen and oxygen atoms in total. The Morgan fingerprint density at radius 3 is 1.38 bits per heavy atom. The number of nitrogens with zero attached hydrogens (tertiary/aromatic N) is 4. The second-order valence-corrected chi connectivity index (χ2v) is 8.71. The highest BCUT2D eigenvalue weighted by Gasteiger charge is 2.52. The lowest BCUT2D eigenvalue weighted by Crippen LogP contribution is -2.72. The van der Waals surface area contributed by atoms with Gasteiger partial charge in [-0.3, -0.25) is 19.9 Å². The monoisotopic (exact) mass is 454 g/mol. The van der Waals surface area contributed by atoms with Gasteiger partial charge >= 0.3 is 0 Å². The molecule has 0 aliphatic heterocycles. The zero-order chi connectivity index (χ0) is 23.9. The van der Waals surface area contributed by atoms with Crippen LogP contribution in [0.4, 0.5) is 0 Å². The molecule has 4 aromatic heterocycles. The second-order valence-electron chi connectivity index (χ2n) is 8.71. The quantitative estimate of drug-likeness (QED) is 0.336. The highest BCUT2D eigenvalue weighted by atomic mass is 16.3. The first kappa shape index (κ1) is 23.6. The fourth-order valence-electron chi connectivity index (χ4n) is 4.39. The van der Waals surface area contributed by atoms with E-state index in [1.807, 2.05) is 72.8 Å². The van der Waals surface area contributed by atoms with Crippen molar-refractivity contribution in [2.24, 2.45) is 11.5 Å². The highest BCUT2D eigenvalue weighted by molar-refractivity contribution is 5.25. The van der Waals surface area contributed by atoms with E-state index >= 15 is 0 Å². The summed E-state index contributed by atoms with van der Waals surface area (Å²) in [5.74, 6) is 0. The lowest BCUT2D eigenvalue weighted by Gasteiger charge is -2.48. The molecular formula is C27H30N6O. The number of pyridine rings is 4. The van der Waals surface area contributed by atoms with Crippen LogP contribution in [0.15, 0.2) is 97.6 Å². The van der Waals surface area contributed by atoms with Crippen molar-refractivity contribution in [3.8, 4) is 0 Å². The van der Waals surface area contributed by atoms with Gasteiger partial charge in [0.25, 0.3) is 0 Å². The van der Waals surface area contributed by atoms with Crippen molar-refractivity contribution in [1.29, 1.82) is 0 Å². The molecule has 5 N–H and O–H groups in total. The molecule has 7 heteroatoms. The summed E-state index contributed by atoms with van der Waals surface area (Å²) in [5.41, 5.74) is 14.3. The van der Waals surface area contributed by atoms with E-state index in [-0.39, 0.29) is 6.42 Å². The lowest BCUT2D eigenvalue weighted by molar-refractivity contribution is -0.0590. The van der Waals surface area contributed by atoms with Crippen LogP contribution in [-0.4, -0.2) is 42.2 Å². The molecule has 0 spiro atoms. The van der Waals surface area contributed by atoms with Gasteiger partial charge in [0.15, 0.2) is 0 Å². The van der Waals surface area contributed by atoms with E-state index in [0.717, 1.165) is 17.1 Å². The van der Waals surface area contributed by atoms with Crippen molar-refractivity contribution < 1.29 is 5.11 Å². The predicted octanol–water partition coefficient (Wildman–Crippen LogP) is 2.29. The van der Waals surface area contributed by atoms with Crippen molar-refractivity contribution in [1.82, 2.24) is 19.9 Å². The molecule has 0 bridgehead atoms. The maximum atomic E-state index is 12.5. The van der Waals surface area contributed by atoms with Crippen LogP contribution in [0.25, 0.3) is 0 Å². The number of aliphatic hydroxyl groups is 1. The van der Waals surface area contributed by atoms with Crippen LogP contribution in [0.5, 0.6) is 0 Å². The molecule has 0 aromatic carbocycles. The minimum Gasteiger partial charge on any atom is -0.386 e. The molecule has 0 aliphatic carbocycles. The minimum absolute atomic E-state index is 0.179. The molecule has 2 atom stereocenters. The molecule has 0 saturated heterocycles. The molecule has 34 heavy (non-hydrogen) atoms. The van der Waals surface area contributed by atoms with Crippen molar-refractivity contribution >= 4 is 0 Å². The van der Waals surface area contributed by atoms with Gasteiger partial charge in [-0.15, -0.1) is 0 Å². The van der Waals surface area contributed by atoms with Gasteiger partial charge in [-0.05, 0) is 48.5 Å². The topological polar surface area (TPSA) is 124 Å². The Hall–Kier alpha value is -3.52. The smallest absolute Gasteiger partial charge is 0.104 e. The van der Waals surface area contributed by atoms with Gasteiger partial charge in [-0.2, -0.15) is 0 Å². The van der Waals surface area contributed by atoms with Crippen LogP contribution >= 0.6 is 0 Å². The van der Waals surface area contributed by atoms with Gasteiger partial charge in [-0.1, -0.05) is 24.3 Å². The summed E-state index contributed by atoms with van der Waals surface area (Å²) in [6, 6.07) is 21.9. The Bertz CT molecular complexity index is 1100. The van der Waals surface area contributed by atoms with E-state index in [9.17, 15) is 5.11 Å². The zero-order valence-corrected chi connectivity index (χ0v) is 19.0. The largest absolute Gasteiger partial charge is 0.386 e. The fourth-order valence-corrected chi connectivity index (χ4v) is 4.39. The molecule has 0 amide bonds. The van der Waals surface area contributed by atoms with E-state index in [2.05, 4.69) is 19.9 Å². The first-order valence-electron chi connectivity index (χ1n) is 11.3. The molecule has 2 unspecified atom stereocenters. The van der Waals surface area contributed by atoms with Gasteiger partial charge in [0.2, 0.25) is 0 Å². The summed E-state index contributed by atoms with van der Waals surface area (Å²) in [6.07, 6.45) is 8.02. The standard InChI is InChI=1S/C27H30N6O/c28-25(17-21-9-1-5-13-30-21)27(34,20-24-12-4-8-16-33-24)26(29,18-22-10-2-6-14-31-22)19-23-11-3-7-15-32-23/h1-16,25,34H,17-20,28-29H2. The molecule has 0 aliphatic rings. The van der Waals surface area contributed by atoms with Gasteiger partial charge < -0.3 is 16.6 Å². The molecule has 174 valence electrons. The number of aromatic nitrogens is 4. The fraction of sp³-hybridized carbons (Fsp3) is 0.259. The van der Waals surface area contributed by atoms with Crippen LogP contribution in [0.3, 0.4) is 0 Å². The van der Waals surface area contributed by atoms with Gasteiger partial charge in [0.05, 0.1) is 5.54 Å². The van der Waals surface area contributed by atoms with Gasteiger partial charge in [-0.25, -0.2) is 0 Å². The molecule has 0 fully saturated rings. The average molecular weight is 455 g/mol. The summed E-state index contributed by atoms with van der Waals surface area (Å²) in [5, 5.41) is 12.5. The Morgan fingerprint density at radius 1 is 0.618 bits per heavy atom. The first-order valence-corrected chi connectivity index (χ1v) is 11.3. The third-order valence-corrected chi connectivity index (χ3v) is 6.25. The molecule has 4 rings (SSSR count). The van der Waals surface area contributed by atoms with Crippen molar-refractivity contribution in [3.63, 3.8) is 0 Å². The maximum absolute atomic E-state index is 12.5. The van der Waals surface area contributed by atoms with E-state index in [0.29, 0.717) is 25.0 Å². The van der Waals surface area contributed by atoms with Crippen molar-refractivity contribution in [2.75, 3.05) is 0 Å². The maximum Gasteiger partial charge on any atom is 0.104 e. The number of nitrogens with two attached hydrogens (primary N) is 2. The molecule has 4 aromatic rings. The lowest BCUT2D eigenvalue weighted by atomic mass is 9.67. The normalized spacial score (nSPS) is 14.3. The third-order valence-electron chi connectivity index (χ3n) is 6.25.